The predicted molar refractivity (Wildman–Crippen MR) is 64.0 cm³/mol. The van der Waals surface area contributed by atoms with Crippen LogP contribution in [-0.4, -0.2) is 13.1 Å². The maximum absolute atomic E-state index is 5.99. The molecule has 1 saturated heterocycles. The molecule has 14 heavy (non-hydrogen) atoms. The van der Waals surface area contributed by atoms with Gasteiger partial charge in [-0.05, 0) is 49.1 Å². The van der Waals surface area contributed by atoms with E-state index in [9.17, 15) is 0 Å². The number of hydrogen-bond acceptors (Lipinski definition) is 1. The predicted octanol–water partition coefficient (Wildman–Crippen LogP) is 3.57. The molecule has 1 nitrogen and oxygen atoms in total. The molecule has 0 saturated carbocycles. The number of halogens is 2. The van der Waals surface area contributed by atoms with Gasteiger partial charge in [0, 0.05) is 16.0 Å². The van der Waals surface area contributed by atoms with Crippen molar-refractivity contribution in [2.24, 2.45) is 0 Å². The molecule has 0 aliphatic carbocycles. The fourth-order valence-electron chi connectivity index (χ4n) is 1.94. The average Bonchev–Trinajstić information content (AvgIpc) is 2.23. The van der Waals surface area contributed by atoms with Gasteiger partial charge in [0.1, 0.15) is 0 Å². The van der Waals surface area contributed by atoms with Gasteiger partial charge >= 0.3 is 0 Å². The molecule has 1 aliphatic heterocycles. The van der Waals surface area contributed by atoms with Crippen LogP contribution in [0.2, 0.25) is 5.02 Å². The number of nitrogens with one attached hydrogen (secondary N) is 1. The van der Waals surface area contributed by atoms with E-state index in [1.807, 2.05) is 12.1 Å². The standard InChI is InChI=1S/C11H13BrClN/c12-11-4-3-9(13)6-10(11)8-2-1-5-14-7-8/h3-4,6,8,14H,1-2,5,7H2/t8-/m0/s1. The fraction of sp³-hybridized carbons (Fsp3) is 0.455. The van der Waals surface area contributed by atoms with Gasteiger partial charge in [-0.2, -0.15) is 0 Å². The number of benzene rings is 1. The zero-order chi connectivity index (χ0) is 9.97. The van der Waals surface area contributed by atoms with E-state index in [4.69, 9.17) is 11.6 Å². The van der Waals surface area contributed by atoms with E-state index in [0.717, 1.165) is 18.1 Å². The van der Waals surface area contributed by atoms with Gasteiger partial charge in [-0.1, -0.05) is 27.5 Å². The average molecular weight is 275 g/mol. The zero-order valence-electron chi connectivity index (χ0n) is 7.89. The lowest BCUT2D eigenvalue weighted by Gasteiger charge is -2.24. The maximum Gasteiger partial charge on any atom is 0.0409 e. The monoisotopic (exact) mass is 273 g/mol. The van der Waals surface area contributed by atoms with Crippen LogP contribution in [0.4, 0.5) is 0 Å². The van der Waals surface area contributed by atoms with Gasteiger partial charge < -0.3 is 5.32 Å². The fourth-order valence-corrected chi connectivity index (χ4v) is 2.70. The Bertz CT molecular complexity index is 321. The lowest BCUT2D eigenvalue weighted by Crippen LogP contribution is -2.28. The Balaban J connectivity index is 2.24. The largest absolute Gasteiger partial charge is 0.316 e. The van der Waals surface area contributed by atoms with Crippen LogP contribution in [0, 0.1) is 0 Å². The molecule has 0 radical (unpaired) electrons. The van der Waals surface area contributed by atoms with Crippen molar-refractivity contribution in [3.05, 3.63) is 33.3 Å². The summed E-state index contributed by atoms with van der Waals surface area (Å²) in [6.07, 6.45) is 2.51. The molecule has 0 aromatic heterocycles. The molecule has 1 aliphatic rings. The molecule has 1 aromatic carbocycles. The molecule has 1 fully saturated rings. The Hall–Kier alpha value is -0.0500. The zero-order valence-corrected chi connectivity index (χ0v) is 10.2. The number of piperidine rings is 1. The van der Waals surface area contributed by atoms with E-state index in [1.165, 1.54) is 22.9 Å². The van der Waals surface area contributed by atoms with Crippen molar-refractivity contribution < 1.29 is 0 Å². The molecule has 1 N–H and O–H groups in total. The Morgan fingerprint density at radius 3 is 3.00 bits per heavy atom. The molecule has 1 atom stereocenters. The summed E-state index contributed by atoms with van der Waals surface area (Å²) in [5.74, 6) is 0.608. The molecule has 1 aromatic rings. The van der Waals surface area contributed by atoms with E-state index < -0.39 is 0 Å². The molecule has 1 heterocycles. The van der Waals surface area contributed by atoms with Crippen LogP contribution in [0.15, 0.2) is 22.7 Å². The molecular weight excluding hydrogens is 261 g/mol. The van der Waals surface area contributed by atoms with Crippen molar-refractivity contribution in [1.29, 1.82) is 0 Å². The molecule has 3 heteroatoms. The summed E-state index contributed by atoms with van der Waals surface area (Å²) >= 11 is 9.57. The highest BCUT2D eigenvalue weighted by Crippen LogP contribution is 2.31. The van der Waals surface area contributed by atoms with Crippen molar-refractivity contribution in [1.82, 2.24) is 5.32 Å². The van der Waals surface area contributed by atoms with E-state index in [0.29, 0.717) is 5.92 Å². The third-order valence-electron chi connectivity index (χ3n) is 2.69. The van der Waals surface area contributed by atoms with Crippen molar-refractivity contribution in [3.63, 3.8) is 0 Å². The van der Waals surface area contributed by atoms with Crippen LogP contribution >= 0.6 is 27.5 Å². The first-order chi connectivity index (χ1) is 6.77. The minimum atomic E-state index is 0.608. The van der Waals surface area contributed by atoms with E-state index in [2.05, 4.69) is 27.3 Å². The lowest BCUT2D eigenvalue weighted by molar-refractivity contribution is 0.460. The highest BCUT2D eigenvalue weighted by molar-refractivity contribution is 9.10. The van der Waals surface area contributed by atoms with Gasteiger partial charge in [-0.25, -0.2) is 0 Å². The second-order valence-corrected chi connectivity index (χ2v) is 5.00. The summed E-state index contributed by atoms with van der Waals surface area (Å²) in [5.41, 5.74) is 1.34. The van der Waals surface area contributed by atoms with Gasteiger partial charge in [-0.15, -0.1) is 0 Å². The second-order valence-electron chi connectivity index (χ2n) is 3.71. The highest BCUT2D eigenvalue weighted by atomic mass is 79.9. The smallest absolute Gasteiger partial charge is 0.0409 e. The first kappa shape index (κ1) is 10.5. The van der Waals surface area contributed by atoms with Crippen molar-refractivity contribution in [3.8, 4) is 0 Å². The normalized spacial score (nSPS) is 22.3. The SMILES string of the molecule is Clc1ccc(Br)c([C@H]2CCCNC2)c1. The van der Waals surface area contributed by atoms with Crippen molar-refractivity contribution in [2.45, 2.75) is 18.8 Å². The quantitative estimate of drug-likeness (QED) is 0.825. The first-order valence-corrected chi connectivity index (χ1v) is 6.10. The molecule has 2 rings (SSSR count). The van der Waals surface area contributed by atoms with Crippen molar-refractivity contribution in [2.75, 3.05) is 13.1 Å². The first-order valence-electron chi connectivity index (χ1n) is 4.93. The second kappa shape index (κ2) is 4.65. The molecule has 0 amide bonds. The van der Waals surface area contributed by atoms with Crippen LogP contribution in [0.5, 0.6) is 0 Å². The Morgan fingerprint density at radius 2 is 2.29 bits per heavy atom. The summed E-state index contributed by atoms with van der Waals surface area (Å²) in [5, 5.41) is 4.24. The van der Waals surface area contributed by atoms with E-state index >= 15 is 0 Å². The Labute approximate surface area is 98.0 Å². The van der Waals surface area contributed by atoms with Gasteiger partial charge in [0.2, 0.25) is 0 Å². The van der Waals surface area contributed by atoms with Gasteiger partial charge in [0.05, 0.1) is 0 Å². The van der Waals surface area contributed by atoms with E-state index in [-0.39, 0.29) is 0 Å². The van der Waals surface area contributed by atoms with Crippen molar-refractivity contribution >= 4 is 27.5 Å². The minimum absolute atomic E-state index is 0.608. The van der Waals surface area contributed by atoms with Crippen LogP contribution in [-0.2, 0) is 0 Å². The molecule has 0 unspecified atom stereocenters. The minimum Gasteiger partial charge on any atom is -0.316 e. The third-order valence-corrected chi connectivity index (χ3v) is 3.65. The Morgan fingerprint density at radius 1 is 1.43 bits per heavy atom. The Kier molecular flexibility index (Phi) is 3.47. The molecule has 0 bridgehead atoms. The number of rotatable bonds is 1. The summed E-state index contributed by atoms with van der Waals surface area (Å²) in [6.45, 7) is 2.22. The van der Waals surface area contributed by atoms with E-state index in [1.54, 1.807) is 0 Å². The van der Waals surface area contributed by atoms with Gasteiger partial charge in [0.25, 0.3) is 0 Å². The summed E-state index contributed by atoms with van der Waals surface area (Å²) < 4.78 is 1.18. The van der Waals surface area contributed by atoms with Crippen LogP contribution < -0.4 is 5.32 Å². The maximum atomic E-state index is 5.99. The molecular formula is C11H13BrClN. The van der Waals surface area contributed by atoms with Gasteiger partial charge in [-0.3, -0.25) is 0 Å². The molecule has 76 valence electrons. The third kappa shape index (κ3) is 2.30. The number of hydrogen-bond donors (Lipinski definition) is 1. The highest BCUT2D eigenvalue weighted by Gasteiger charge is 2.17. The summed E-state index contributed by atoms with van der Waals surface area (Å²) in [7, 11) is 0. The summed E-state index contributed by atoms with van der Waals surface area (Å²) in [4.78, 5) is 0. The van der Waals surface area contributed by atoms with Crippen LogP contribution in [0.25, 0.3) is 0 Å². The van der Waals surface area contributed by atoms with Crippen LogP contribution in [0.3, 0.4) is 0 Å². The van der Waals surface area contributed by atoms with Gasteiger partial charge in [0.15, 0.2) is 0 Å². The molecule has 0 spiro atoms. The topological polar surface area (TPSA) is 12.0 Å². The lowest BCUT2D eigenvalue weighted by atomic mass is 9.92. The summed E-state index contributed by atoms with van der Waals surface area (Å²) in [6, 6.07) is 6.03. The van der Waals surface area contributed by atoms with Crippen LogP contribution in [0.1, 0.15) is 24.3 Å².